The van der Waals surface area contributed by atoms with Crippen LogP contribution in [0.25, 0.3) is 0 Å². The average molecular weight is 455 g/mol. The van der Waals surface area contributed by atoms with E-state index in [0.29, 0.717) is 24.7 Å². The van der Waals surface area contributed by atoms with Crippen LogP contribution in [0.4, 0.5) is 0 Å². The van der Waals surface area contributed by atoms with Crippen molar-refractivity contribution in [2.24, 2.45) is 0 Å². The number of methoxy groups -OCH3 is 1. The van der Waals surface area contributed by atoms with Crippen molar-refractivity contribution >= 4 is 27.5 Å². The Morgan fingerprint density at radius 2 is 1.90 bits per heavy atom. The number of carbonyl (C=O) groups is 1. The van der Waals surface area contributed by atoms with Crippen molar-refractivity contribution in [2.75, 3.05) is 46.6 Å². The van der Waals surface area contributed by atoms with Crippen LogP contribution in [0.5, 0.6) is 11.5 Å². The maximum absolute atomic E-state index is 12.8. The van der Waals surface area contributed by atoms with Crippen molar-refractivity contribution in [3.63, 3.8) is 0 Å². The lowest BCUT2D eigenvalue weighted by atomic mass is 10.2. The Hall–Kier alpha value is -2.33. The van der Waals surface area contributed by atoms with Gasteiger partial charge in [0, 0.05) is 19.2 Å². The topological polar surface area (TPSA) is 94.2 Å². The summed E-state index contributed by atoms with van der Waals surface area (Å²) in [6.07, 6.45) is 0. The summed E-state index contributed by atoms with van der Waals surface area (Å²) in [4.78, 5) is 12.6. The highest BCUT2D eigenvalue weighted by molar-refractivity contribution is 7.89. The summed E-state index contributed by atoms with van der Waals surface area (Å²) < 4.78 is 42.9. The number of carbonyl (C=O) groups excluding carboxylic acids is 1. The van der Waals surface area contributed by atoms with Gasteiger partial charge < -0.3 is 19.5 Å². The Labute approximate surface area is 180 Å². The van der Waals surface area contributed by atoms with Gasteiger partial charge in [0.05, 0.1) is 42.3 Å². The maximum Gasteiger partial charge on any atom is 0.252 e. The molecule has 1 aliphatic heterocycles. The molecule has 0 saturated carbocycles. The maximum atomic E-state index is 12.8. The first-order valence-electron chi connectivity index (χ1n) is 9.34. The predicted molar refractivity (Wildman–Crippen MR) is 112 cm³/mol. The predicted octanol–water partition coefficient (Wildman–Crippen LogP) is 2.18. The van der Waals surface area contributed by atoms with E-state index < -0.39 is 15.9 Å². The molecule has 1 heterocycles. The highest BCUT2D eigenvalue weighted by atomic mass is 35.5. The summed E-state index contributed by atoms with van der Waals surface area (Å²) in [5.74, 6) is 0.801. The first-order chi connectivity index (χ1) is 14.4. The molecule has 0 atom stereocenters. The molecule has 2 aromatic carbocycles. The number of sulfonamides is 1. The Kier molecular flexibility index (Phi) is 7.54. The van der Waals surface area contributed by atoms with Crippen LogP contribution < -0.4 is 14.8 Å². The zero-order valence-corrected chi connectivity index (χ0v) is 18.0. The van der Waals surface area contributed by atoms with Crippen molar-refractivity contribution in [1.29, 1.82) is 0 Å². The van der Waals surface area contributed by atoms with Crippen LogP contribution in [-0.4, -0.2) is 65.2 Å². The lowest BCUT2D eigenvalue weighted by molar-refractivity contribution is 0.0730. The molecule has 162 valence electrons. The van der Waals surface area contributed by atoms with E-state index in [-0.39, 0.29) is 41.7 Å². The number of ether oxygens (including phenoxy) is 3. The van der Waals surface area contributed by atoms with Crippen LogP contribution in [0, 0.1) is 0 Å². The van der Waals surface area contributed by atoms with E-state index in [1.165, 1.54) is 22.5 Å². The molecule has 1 amide bonds. The van der Waals surface area contributed by atoms with Gasteiger partial charge in [0.25, 0.3) is 5.91 Å². The number of benzene rings is 2. The highest BCUT2D eigenvalue weighted by Gasteiger charge is 2.27. The second-order valence-corrected chi connectivity index (χ2v) is 8.79. The Bertz CT molecular complexity index is 993. The third kappa shape index (κ3) is 5.42. The molecule has 30 heavy (non-hydrogen) atoms. The molecule has 0 unspecified atom stereocenters. The van der Waals surface area contributed by atoms with Gasteiger partial charge in [-0.1, -0.05) is 17.7 Å². The SMILES string of the molecule is COc1cccc(OCCNC(=O)c2cc(S(=O)(=O)N3CCOCC3)ccc2Cl)c1. The van der Waals surface area contributed by atoms with E-state index in [1.54, 1.807) is 31.4 Å². The number of hydrogen-bond donors (Lipinski definition) is 1. The van der Waals surface area contributed by atoms with Crippen LogP contribution in [0.2, 0.25) is 5.02 Å². The molecule has 2 aromatic rings. The summed E-state index contributed by atoms with van der Waals surface area (Å²) in [5.41, 5.74) is 0.0902. The normalized spacial score (nSPS) is 14.9. The van der Waals surface area contributed by atoms with Gasteiger partial charge in [-0.3, -0.25) is 4.79 Å². The zero-order valence-electron chi connectivity index (χ0n) is 16.5. The number of nitrogens with one attached hydrogen (secondary N) is 1. The lowest BCUT2D eigenvalue weighted by Gasteiger charge is -2.26. The molecule has 0 bridgehead atoms. The molecule has 0 spiro atoms. The minimum Gasteiger partial charge on any atom is -0.497 e. The fraction of sp³-hybridized carbons (Fsp3) is 0.350. The third-order valence-corrected chi connectivity index (χ3v) is 6.71. The van der Waals surface area contributed by atoms with E-state index >= 15 is 0 Å². The van der Waals surface area contributed by atoms with E-state index in [2.05, 4.69) is 5.32 Å². The van der Waals surface area contributed by atoms with Crippen LogP contribution >= 0.6 is 11.6 Å². The molecular formula is C20H23ClN2O6S. The zero-order chi connectivity index (χ0) is 21.6. The van der Waals surface area contributed by atoms with Gasteiger partial charge in [0.15, 0.2) is 0 Å². The summed E-state index contributed by atoms with van der Waals surface area (Å²) in [7, 11) is -2.16. The molecule has 1 aliphatic rings. The minimum atomic E-state index is -3.72. The van der Waals surface area contributed by atoms with Crippen molar-refractivity contribution in [3.05, 3.63) is 53.1 Å². The molecule has 0 radical (unpaired) electrons. The molecule has 0 aliphatic carbocycles. The van der Waals surface area contributed by atoms with Crippen molar-refractivity contribution in [3.8, 4) is 11.5 Å². The molecular weight excluding hydrogens is 432 g/mol. The van der Waals surface area contributed by atoms with Crippen LogP contribution in [-0.2, 0) is 14.8 Å². The van der Waals surface area contributed by atoms with Crippen molar-refractivity contribution in [1.82, 2.24) is 9.62 Å². The molecule has 0 aromatic heterocycles. The number of nitrogens with zero attached hydrogens (tertiary/aromatic N) is 1. The van der Waals surface area contributed by atoms with Gasteiger partial charge in [0.2, 0.25) is 10.0 Å². The number of morpholine rings is 1. The number of halogens is 1. The molecule has 1 saturated heterocycles. The molecule has 8 nitrogen and oxygen atoms in total. The van der Waals surface area contributed by atoms with Gasteiger partial charge >= 0.3 is 0 Å². The highest BCUT2D eigenvalue weighted by Crippen LogP contribution is 2.24. The Morgan fingerprint density at radius 1 is 1.17 bits per heavy atom. The van der Waals surface area contributed by atoms with E-state index in [1.807, 2.05) is 0 Å². The van der Waals surface area contributed by atoms with Gasteiger partial charge in [-0.25, -0.2) is 8.42 Å². The van der Waals surface area contributed by atoms with Crippen molar-refractivity contribution in [2.45, 2.75) is 4.90 Å². The Morgan fingerprint density at radius 3 is 2.63 bits per heavy atom. The second-order valence-electron chi connectivity index (χ2n) is 6.44. The smallest absolute Gasteiger partial charge is 0.252 e. The standard InChI is InChI=1S/C20H23ClN2O6S/c1-27-15-3-2-4-16(13-15)29-10-7-22-20(24)18-14-17(5-6-19(18)21)30(25,26)23-8-11-28-12-9-23/h2-6,13-14H,7-12H2,1H3,(H,22,24). The average Bonchev–Trinajstić information content (AvgIpc) is 2.77. The molecule has 3 rings (SSSR count). The van der Waals surface area contributed by atoms with Gasteiger partial charge in [-0.05, 0) is 30.3 Å². The monoisotopic (exact) mass is 454 g/mol. The molecule has 1 fully saturated rings. The molecule has 10 heteroatoms. The Balaban J connectivity index is 1.62. The number of rotatable bonds is 8. The van der Waals surface area contributed by atoms with Gasteiger partial charge in [0.1, 0.15) is 18.1 Å². The van der Waals surface area contributed by atoms with E-state index in [4.69, 9.17) is 25.8 Å². The lowest BCUT2D eigenvalue weighted by Crippen LogP contribution is -2.40. The van der Waals surface area contributed by atoms with Crippen LogP contribution in [0.15, 0.2) is 47.4 Å². The van der Waals surface area contributed by atoms with E-state index in [9.17, 15) is 13.2 Å². The fourth-order valence-corrected chi connectivity index (χ4v) is 4.53. The van der Waals surface area contributed by atoms with Gasteiger partial charge in [-0.15, -0.1) is 0 Å². The summed E-state index contributed by atoms with van der Waals surface area (Å²) in [6.45, 7) is 1.66. The molecule has 1 N–H and O–H groups in total. The summed E-state index contributed by atoms with van der Waals surface area (Å²) in [5, 5.41) is 2.86. The first-order valence-corrected chi connectivity index (χ1v) is 11.2. The second kappa shape index (κ2) is 10.1. The minimum absolute atomic E-state index is 0.0200. The first kappa shape index (κ1) is 22.4. The third-order valence-electron chi connectivity index (χ3n) is 4.49. The summed E-state index contributed by atoms with van der Waals surface area (Å²) in [6, 6.07) is 11.2. The number of hydrogen-bond acceptors (Lipinski definition) is 6. The fourth-order valence-electron chi connectivity index (χ4n) is 2.89. The number of amides is 1. The van der Waals surface area contributed by atoms with Gasteiger partial charge in [-0.2, -0.15) is 4.31 Å². The van der Waals surface area contributed by atoms with Crippen molar-refractivity contribution < 1.29 is 27.4 Å². The van der Waals surface area contributed by atoms with Crippen LogP contribution in [0.3, 0.4) is 0 Å². The summed E-state index contributed by atoms with van der Waals surface area (Å²) >= 11 is 6.13. The quantitative estimate of drug-likeness (QED) is 0.614. The van der Waals surface area contributed by atoms with Crippen LogP contribution in [0.1, 0.15) is 10.4 Å². The largest absolute Gasteiger partial charge is 0.497 e. The van der Waals surface area contributed by atoms with E-state index in [0.717, 1.165) is 0 Å².